The molecule has 0 amide bonds. The molecule has 44 heavy (non-hydrogen) atoms. The summed E-state index contributed by atoms with van der Waals surface area (Å²) < 4.78 is 20.0. The molecule has 0 N–H and O–H groups in total. The number of carbonyl (C=O) groups excluding carboxylic acids is 1. The second-order valence-electron chi connectivity index (χ2n) is 9.90. The van der Waals surface area contributed by atoms with Gasteiger partial charge in [0.05, 0.1) is 29.5 Å². The Morgan fingerprint density at radius 1 is 1.11 bits per heavy atom. The molecule has 0 saturated heterocycles. The lowest BCUT2D eigenvalue weighted by atomic mass is 9.93. The van der Waals surface area contributed by atoms with Crippen molar-refractivity contribution in [3.63, 3.8) is 0 Å². The molecule has 0 unspecified atom stereocenters. The minimum Gasteiger partial charge on any atom is -0.496 e. The van der Waals surface area contributed by atoms with E-state index in [0.29, 0.717) is 54.1 Å². The molecule has 1 aromatic heterocycles. The van der Waals surface area contributed by atoms with Gasteiger partial charge in [0, 0.05) is 25.6 Å². The molecule has 5 rings (SSSR count). The number of nitrogens with zero attached hydrogens (tertiary/aromatic N) is 2. The quantitative estimate of drug-likeness (QED) is 0.162. The molecule has 0 spiro atoms. The summed E-state index contributed by atoms with van der Waals surface area (Å²) >= 11 is 17.1. The summed E-state index contributed by atoms with van der Waals surface area (Å²) in [4.78, 5) is 32.9. The Bertz CT molecular complexity index is 1930. The van der Waals surface area contributed by atoms with Gasteiger partial charge in [0.25, 0.3) is 5.56 Å². The normalized spacial score (nSPS) is 14.7. The topological polar surface area (TPSA) is 79.1 Å². The molecule has 0 bridgehead atoms. The molecule has 7 nitrogen and oxygen atoms in total. The van der Waals surface area contributed by atoms with Crippen molar-refractivity contribution in [2.45, 2.75) is 39.3 Å². The maximum atomic E-state index is 14.1. The summed E-state index contributed by atoms with van der Waals surface area (Å²) in [5.41, 5.74) is 2.88. The standard InChI is InChI=1S/C33H29BrCl2N2O5S/c1-4-7-26-29(32(40)42-5-2)30(24-16-21(34)11-13-27(24)41-3)38-31(39)28(44-33(38)37-26)15-19-8-6-9-23(14-19)43-18-20-10-12-22(35)17-25(20)36/h6,8-17,30H,4-5,7,18H2,1-3H3/b28-15+/t30-/m0/s1. The van der Waals surface area contributed by atoms with Crippen molar-refractivity contribution in [2.75, 3.05) is 13.7 Å². The molecule has 2 heterocycles. The maximum Gasteiger partial charge on any atom is 0.338 e. The summed E-state index contributed by atoms with van der Waals surface area (Å²) in [5.74, 6) is 0.647. The van der Waals surface area contributed by atoms with E-state index < -0.39 is 12.0 Å². The number of carbonyl (C=O) groups is 1. The fourth-order valence-electron chi connectivity index (χ4n) is 4.98. The zero-order chi connectivity index (χ0) is 31.4. The van der Waals surface area contributed by atoms with Gasteiger partial charge < -0.3 is 14.2 Å². The number of benzene rings is 3. The highest BCUT2D eigenvalue weighted by Crippen LogP contribution is 2.38. The number of halogens is 3. The Morgan fingerprint density at radius 3 is 2.66 bits per heavy atom. The molecule has 228 valence electrons. The van der Waals surface area contributed by atoms with Crippen LogP contribution in [0, 0.1) is 0 Å². The van der Waals surface area contributed by atoms with E-state index in [9.17, 15) is 9.59 Å². The van der Waals surface area contributed by atoms with Crippen LogP contribution in [0.4, 0.5) is 0 Å². The van der Waals surface area contributed by atoms with Gasteiger partial charge in [0.15, 0.2) is 4.80 Å². The van der Waals surface area contributed by atoms with E-state index in [4.69, 9.17) is 42.4 Å². The molecule has 1 aliphatic rings. The summed E-state index contributed by atoms with van der Waals surface area (Å²) in [7, 11) is 1.56. The first kappa shape index (κ1) is 32.0. The second-order valence-corrected chi connectivity index (χ2v) is 12.7. The number of methoxy groups -OCH3 is 1. The first-order valence-corrected chi connectivity index (χ1v) is 16.3. The Morgan fingerprint density at radius 2 is 1.93 bits per heavy atom. The Balaban J connectivity index is 1.61. The van der Waals surface area contributed by atoms with E-state index in [0.717, 1.165) is 22.0 Å². The van der Waals surface area contributed by atoms with Crippen LogP contribution >= 0.6 is 50.5 Å². The van der Waals surface area contributed by atoms with Crippen LogP contribution in [0.1, 0.15) is 49.4 Å². The monoisotopic (exact) mass is 714 g/mol. The average Bonchev–Trinajstić information content (AvgIpc) is 3.30. The minimum absolute atomic E-state index is 0.192. The molecule has 3 aromatic carbocycles. The molecule has 0 fully saturated rings. The molecular weight excluding hydrogens is 687 g/mol. The van der Waals surface area contributed by atoms with Crippen molar-refractivity contribution in [3.8, 4) is 11.5 Å². The molecule has 0 saturated carbocycles. The first-order chi connectivity index (χ1) is 21.2. The van der Waals surface area contributed by atoms with E-state index in [1.165, 1.54) is 11.3 Å². The van der Waals surface area contributed by atoms with Crippen molar-refractivity contribution in [1.29, 1.82) is 0 Å². The van der Waals surface area contributed by atoms with Gasteiger partial charge in [-0.25, -0.2) is 9.79 Å². The number of aromatic nitrogens is 1. The van der Waals surface area contributed by atoms with Crippen molar-refractivity contribution in [3.05, 3.63) is 123 Å². The van der Waals surface area contributed by atoms with E-state index in [-0.39, 0.29) is 18.8 Å². The van der Waals surface area contributed by atoms with Crippen LogP contribution in [0.3, 0.4) is 0 Å². The number of rotatable bonds is 10. The zero-order valence-electron chi connectivity index (χ0n) is 24.2. The third-order valence-electron chi connectivity index (χ3n) is 6.94. The van der Waals surface area contributed by atoms with E-state index >= 15 is 0 Å². The molecule has 1 atom stereocenters. The van der Waals surface area contributed by atoms with Crippen LogP contribution < -0.4 is 24.4 Å². The predicted molar refractivity (Wildman–Crippen MR) is 178 cm³/mol. The number of fused-ring (bicyclic) bond motifs is 1. The van der Waals surface area contributed by atoms with Gasteiger partial charge >= 0.3 is 5.97 Å². The van der Waals surface area contributed by atoms with Crippen LogP contribution in [0.25, 0.3) is 6.08 Å². The lowest BCUT2D eigenvalue weighted by Gasteiger charge is -2.27. The second kappa shape index (κ2) is 14.2. The van der Waals surface area contributed by atoms with Gasteiger partial charge in [-0.1, -0.05) is 82.0 Å². The van der Waals surface area contributed by atoms with Crippen molar-refractivity contribution < 1.29 is 19.0 Å². The van der Waals surface area contributed by atoms with Gasteiger partial charge in [-0.2, -0.15) is 0 Å². The summed E-state index contributed by atoms with van der Waals surface area (Å²) in [6.45, 7) is 4.22. The van der Waals surface area contributed by atoms with Crippen LogP contribution in [0.15, 0.2) is 86.2 Å². The smallest absolute Gasteiger partial charge is 0.338 e. The molecule has 1 aliphatic heterocycles. The Kier molecular flexibility index (Phi) is 10.3. The van der Waals surface area contributed by atoms with Gasteiger partial charge in [-0.15, -0.1) is 0 Å². The number of hydrogen-bond donors (Lipinski definition) is 0. The number of thiazole rings is 1. The average molecular weight is 716 g/mol. The van der Waals surface area contributed by atoms with E-state index in [1.54, 1.807) is 42.9 Å². The van der Waals surface area contributed by atoms with E-state index in [2.05, 4.69) is 15.9 Å². The van der Waals surface area contributed by atoms with Gasteiger partial charge in [0.2, 0.25) is 0 Å². The summed E-state index contributed by atoms with van der Waals surface area (Å²) in [6.07, 6.45) is 3.10. The van der Waals surface area contributed by atoms with Gasteiger partial charge in [-0.05, 0) is 67.4 Å². The molecule has 4 aromatic rings. The third-order valence-corrected chi connectivity index (χ3v) is 9.01. The van der Waals surface area contributed by atoms with Crippen LogP contribution in [0.2, 0.25) is 10.0 Å². The largest absolute Gasteiger partial charge is 0.496 e. The SMILES string of the molecule is CCCC1=C(C(=O)OCC)[C@H](c2cc(Br)ccc2OC)n2c(s/c(=C/c3cccc(OCc4ccc(Cl)cc4Cl)c3)c2=O)=N1. The summed E-state index contributed by atoms with van der Waals surface area (Å²) in [5, 5.41) is 1.08. The third kappa shape index (κ3) is 6.81. The molecule has 0 radical (unpaired) electrons. The first-order valence-electron chi connectivity index (χ1n) is 14.0. The van der Waals surface area contributed by atoms with Crippen molar-refractivity contribution in [1.82, 2.24) is 4.57 Å². The van der Waals surface area contributed by atoms with Crippen molar-refractivity contribution >= 4 is 62.5 Å². The number of hydrogen-bond acceptors (Lipinski definition) is 7. The highest BCUT2D eigenvalue weighted by Gasteiger charge is 2.36. The zero-order valence-corrected chi connectivity index (χ0v) is 28.1. The van der Waals surface area contributed by atoms with Gasteiger partial charge in [-0.3, -0.25) is 9.36 Å². The minimum atomic E-state index is -0.791. The number of esters is 1. The molecule has 0 aliphatic carbocycles. The summed E-state index contributed by atoms with van der Waals surface area (Å²) in [6, 6.07) is 17.4. The van der Waals surface area contributed by atoms with E-state index in [1.807, 2.05) is 49.4 Å². The fraction of sp³-hybridized carbons (Fsp3) is 0.242. The fourth-order valence-corrected chi connectivity index (χ4v) is 6.84. The highest BCUT2D eigenvalue weighted by molar-refractivity contribution is 9.10. The van der Waals surface area contributed by atoms with Crippen LogP contribution in [-0.2, 0) is 16.1 Å². The van der Waals surface area contributed by atoms with Crippen LogP contribution in [0.5, 0.6) is 11.5 Å². The highest BCUT2D eigenvalue weighted by atomic mass is 79.9. The Labute approximate surface area is 277 Å². The lowest BCUT2D eigenvalue weighted by molar-refractivity contribution is -0.139. The molecule has 11 heteroatoms. The van der Waals surface area contributed by atoms with Crippen molar-refractivity contribution in [2.24, 2.45) is 4.99 Å². The maximum absolute atomic E-state index is 14.1. The predicted octanol–water partition coefficient (Wildman–Crippen LogP) is 7.24. The Hall–Kier alpha value is -3.37. The van der Waals surface area contributed by atoms with Crippen LogP contribution in [-0.4, -0.2) is 24.3 Å². The number of ether oxygens (including phenoxy) is 3. The van der Waals surface area contributed by atoms with Gasteiger partial charge in [0.1, 0.15) is 24.1 Å². The molecular formula is C33H29BrCl2N2O5S. The lowest BCUT2D eigenvalue weighted by Crippen LogP contribution is -2.40. The number of allylic oxidation sites excluding steroid dienone is 1.